The Morgan fingerprint density at radius 2 is 2.14 bits per heavy atom. The van der Waals surface area contributed by atoms with Crippen LogP contribution in [-0.2, 0) is 0 Å². The monoisotopic (exact) mass is 214 g/mol. The first-order valence-electron chi connectivity index (χ1n) is 4.76. The van der Waals surface area contributed by atoms with Crippen LogP contribution in [0.15, 0.2) is 24.3 Å². The van der Waals surface area contributed by atoms with Gasteiger partial charge in [0, 0.05) is 12.5 Å². The Bertz CT molecular complexity index is 272. The molecule has 0 aliphatic heterocycles. The predicted octanol–water partition coefficient (Wildman–Crippen LogP) is 2.74. The summed E-state index contributed by atoms with van der Waals surface area (Å²) in [6.07, 6.45) is 0.904. The summed E-state index contributed by atoms with van der Waals surface area (Å²) in [6.45, 7) is 2.69. The SMILES string of the molecule is CCC(CO)COc1ccccc1Cl. The Kier molecular flexibility index (Phi) is 4.77. The molecule has 0 saturated heterocycles. The second kappa shape index (κ2) is 5.89. The lowest BCUT2D eigenvalue weighted by atomic mass is 10.1. The van der Waals surface area contributed by atoms with E-state index in [1.54, 1.807) is 6.07 Å². The molecule has 0 amide bonds. The van der Waals surface area contributed by atoms with Crippen LogP contribution in [0, 0.1) is 5.92 Å². The highest BCUT2D eigenvalue weighted by molar-refractivity contribution is 6.32. The number of benzene rings is 1. The summed E-state index contributed by atoms with van der Waals surface area (Å²) in [6, 6.07) is 7.35. The number of rotatable bonds is 5. The van der Waals surface area contributed by atoms with E-state index >= 15 is 0 Å². The molecule has 0 heterocycles. The van der Waals surface area contributed by atoms with Gasteiger partial charge in [0.25, 0.3) is 0 Å². The third-order valence-electron chi connectivity index (χ3n) is 2.15. The van der Waals surface area contributed by atoms with E-state index in [-0.39, 0.29) is 12.5 Å². The third kappa shape index (κ3) is 3.20. The van der Waals surface area contributed by atoms with Crippen molar-refractivity contribution in [3.05, 3.63) is 29.3 Å². The zero-order chi connectivity index (χ0) is 10.4. The van der Waals surface area contributed by atoms with Crippen LogP contribution < -0.4 is 4.74 Å². The van der Waals surface area contributed by atoms with Crippen molar-refractivity contribution < 1.29 is 9.84 Å². The van der Waals surface area contributed by atoms with Gasteiger partial charge in [-0.25, -0.2) is 0 Å². The fraction of sp³-hybridized carbons (Fsp3) is 0.455. The van der Waals surface area contributed by atoms with E-state index < -0.39 is 0 Å². The fourth-order valence-electron chi connectivity index (χ4n) is 1.07. The van der Waals surface area contributed by atoms with Crippen molar-refractivity contribution in [1.82, 2.24) is 0 Å². The zero-order valence-electron chi connectivity index (χ0n) is 8.24. The van der Waals surface area contributed by atoms with E-state index in [0.717, 1.165) is 6.42 Å². The van der Waals surface area contributed by atoms with Crippen LogP contribution in [-0.4, -0.2) is 18.3 Å². The smallest absolute Gasteiger partial charge is 0.137 e. The minimum atomic E-state index is 0.154. The van der Waals surface area contributed by atoms with Gasteiger partial charge < -0.3 is 9.84 Å². The van der Waals surface area contributed by atoms with E-state index in [1.807, 2.05) is 25.1 Å². The van der Waals surface area contributed by atoms with Crippen molar-refractivity contribution in [3.63, 3.8) is 0 Å². The summed E-state index contributed by atoms with van der Waals surface area (Å²) in [5.41, 5.74) is 0. The molecule has 1 unspecified atom stereocenters. The van der Waals surface area contributed by atoms with Gasteiger partial charge in [-0.05, 0) is 18.6 Å². The second-order valence-electron chi connectivity index (χ2n) is 3.20. The number of aliphatic hydroxyl groups is 1. The molecule has 0 radical (unpaired) electrons. The van der Waals surface area contributed by atoms with Gasteiger partial charge in [0.05, 0.1) is 11.6 Å². The normalized spacial score (nSPS) is 12.5. The molecule has 0 aliphatic carbocycles. The second-order valence-corrected chi connectivity index (χ2v) is 3.61. The van der Waals surface area contributed by atoms with Crippen LogP contribution in [0.25, 0.3) is 0 Å². The zero-order valence-corrected chi connectivity index (χ0v) is 9.00. The van der Waals surface area contributed by atoms with E-state index in [2.05, 4.69) is 0 Å². The first-order valence-corrected chi connectivity index (χ1v) is 5.14. The van der Waals surface area contributed by atoms with Crippen molar-refractivity contribution in [3.8, 4) is 5.75 Å². The largest absolute Gasteiger partial charge is 0.492 e. The molecule has 3 heteroatoms. The van der Waals surface area contributed by atoms with Crippen molar-refractivity contribution in [2.24, 2.45) is 5.92 Å². The molecule has 1 rings (SSSR count). The average Bonchev–Trinajstić information content (AvgIpc) is 2.22. The number of hydrogen-bond acceptors (Lipinski definition) is 2. The summed E-state index contributed by atoms with van der Waals surface area (Å²) in [5.74, 6) is 0.868. The van der Waals surface area contributed by atoms with Gasteiger partial charge in [0.15, 0.2) is 0 Å². The number of para-hydroxylation sites is 1. The first kappa shape index (κ1) is 11.3. The summed E-state index contributed by atoms with van der Waals surface area (Å²) in [5, 5.41) is 9.57. The van der Waals surface area contributed by atoms with Gasteiger partial charge in [-0.1, -0.05) is 30.7 Å². The van der Waals surface area contributed by atoms with E-state index in [0.29, 0.717) is 17.4 Å². The summed E-state index contributed by atoms with van der Waals surface area (Å²) in [7, 11) is 0. The Morgan fingerprint density at radius 1 is 1.43 bits per heavy atom. The number of aliphatic hydroxyl groups excluding tert-OH is 1. The standard InChI is InChI=1S/C11H15ClO2/c1-2-9(7-13)8-14-11-6-4-3-5-10(11)12/h3-6,9,13H,2,7-8H2,1H3. The average molecular weight is 215 g/mol. The minimum absolute atomic E-state index is 0.154. The summed E-state index contributed by atoms with van der Waals surface area (Å²) in [4.78, 5) is 0. The lowest BCUT2D eigenvalue weighted by Gasteiger charge is -2.13. The lowest BCUT2D eigenvalue weighted by molar-refractivity contribution is 0.160. The number of halogens is 1. The van der Waals surface area contributed by atoms with Crippen LogP contribution in [0.2, 0.25) is 5.02 Å². The molecule has 0 saturated carbocycles. The fourth-order valence-corrected chi connectivity index (χ4v) is 1.26. The van der Waals surface area contributed by atoms with Crippen LogP contribution in [0.4, 0.5) is 0 Å². The molecular weight excluding hydrogens is 200 g/mol. The molecular formula is C11H15ClO2. The van der Waals surface area contributed by atoms with Gasteiger partial charge in [0.1, 0.15) is 5.75 Å². The van der Waals surface area contributed by atoms with Crippen molar-refractivity contribution >= 4 is 11.6 Å². The van der Waals surface area contributed by atoms with Gasteiger partial charge in [-0.3, -0.25) is 0 Å². The topological polar surface area (TPSA) is 29.5 Å². The molecule has 1 atom stereocenters. The molecule has 0 spiro atoms. The Hall–Kier alpha value is -0.730. The lowest BCUT2D eigenvalue weighted by Crippen LogP contribution is -2.15. The van der Waals surface area contributed by atoms with Crippen LogP contribution in [0.3, 0.4) is 0 Å². The van der Waals surface area contributed by atoms with Gasteiger partial charge in [-0.2, -0.15) is 0 Å². The maximum Gasteiger partial charge on any atom is 0.137 e. The summed E-state index contributed by atoms with van der Waals surface area (Å²) < 4.78 is 5.49. The first-order chi connectivity index (χ1) is 6.77. The highest BCUT2D eigenvalue weighted by atomic mass is 35.5. The van der Waals surface area contributed by atoms with Gasteiger partial charge >= 0.3 is 0 Å². The highest BCUT2D eigenvalue weighted by Crippen LogP contribution is 2.23. The maximum atomic E-state index is 8.96. The molecule has 2 nitrogen and oxygen atoms in total. The minimum Gasteiger partial charge on any atom is -0.492 e. The third-order valence-corrected chi connectivity index (χ3v) is 2.46. The van der Waals surface area contributed by atoms with Crippen LogP contribution >= 0.6 is 11.6 Å². The maximum absolute atomic E-state index is 8.96. The van der Waals surface area contributed by atoms with E-state index in [4.69, 9.17) is 21.4 Å². The van der Waals surface area contributed by atoms with Crippen LogP contribution in [0.1, 0.15) is 13.3 Å². The Morgan fingerprint density at radius 3 is 2.71 bits per heavy atom. The molecule has 0 aliphatic rings. The van der Waals surface area contributed by atoms with Gasteiger partial charge in [-0.15, -0.1) is 0 Å². The molecule has 0 bridgehead atoms. The van der Waals surface area contributed by atoms with Crippen molar-refractivity contribution in [1.29, 1.82) is 0 Å². The molecule has 1 N–H and O–H groups in total. The van der Waals surface area contributed by atoms with E-state index in [1.165, 1.54) is 0 Å². The summed E-state index contributed by atoms with van der Waals surface area (Å²) >= 11 is 5.91. The molecule has 0 fully saturated rings. The highest BCUT2D eigenvalue weighted by Gasteiger charge is 2.06. The molecule has 1 aromatic carbocycles. The quantitative estimate of drug-likeness (QED) is 0.817. The van der Waals surface area contributed by atoms with E-state index in [9.17, 15) is 0 Å². The van der Waals surface area contributed by atoms with Crippen LogP contribution in [0.5, 0.6) is 5.75 Å². The van der Waals surface area contributed by atoms with Gasteiger partial charge in [0.2, 0.25) is 0 Å². The molecule has 14 heavy (non-hydrogen) atoms. The Balaban J connectivity index is 2.49. The van der Waals surface area contributed by atoms with Crippen molar-refractivity contribution in [2.75, 3.05) is 13.2 Å². The molecule has 78 valence electrons. The molecule has 0 aromatic heterocycles. The Labute approximate surface area is 89.5 Å². The van der Waals surface area contributed by atoms with Crippen molar-refractivity contribution in [2.45, 2.75) is 13.3 Å². The number of ether oxygens (including phenoxy) is 1. The number of hydrogen-bond donors (Lipinski definition) is 1. The molecule has 1 aromatic rings. The predicted molar refractivity (Wildman–Crippen MR) is 57.8 cm³/mol.